The van der Waals surface area contributed by atoms with Crippen LogP contribution < -0.4 is 4.74 Å². The number of aromatic nitrogens is 2. The largest absolute Gasteiger partial charge is 0.494 e. The number of methoxy groups -OCH3 is 1. The molecule has 0 saturated heterocycles. The van der Waals surface area contributed by atoms with Gasteiger partial charge in [-0.25, -0.2) is 18.2 Å². The van der Waals surface area contributed by atoms with Gasteiger partial charge in [0.15, 0.2) is 15.5 Å². The number of ether oxygens (including phenoxy) is 1. The highest BCUT2D eigenvalue weighted by Crippen LogP contribution is 2.25. The fourth-order valence-electron chi connectivity index (χ4n) is 1.82. The number of fused-ring (bicyclic) bond motifs is 1. The van der Waals surface area contributed by atoms with Crippen LogP contribution >= 0.6 is 0 Å². The molecule has 2 rings (SSSR count). The third-order valence-corrected chi connectivity index (χ3v) is 3.30. The Kier molecular flexibility index (Phi) is 3.19. The molecule has 0 radical (unpaired) electrons. The van der Waals surface area contributed by atoms with E-state index in [4.69, 9.17) is 9.84 Å². The zero-order chi connectivity index (χ0) is 14.2. The van der Waals surface area contributed by atoms with Gasteiger partial charge < -0.3 is 9.84 Å². The predicted octanol–water partition coefficient (Wildman–Crippen LogP) is 0.586. The highest BCUT2D eigenvalue weighted by atomic mass is 32.2. The molecule has 1 N–H and O–H groups in total. The number of carbonyl (C=O) groups is 1. The highest BCUT2D eigenvalue weighted by Gasteiger charge is 2.21. The molecule has 0 saturated carbocycles. The second-order valence-corrected chi connectivity index (χ2v) is 6.19. The number of sulfone groups is 1. The van der Waals surface area contributed by atoms with Crippen LogP contribution in [0.1, 0.15) is 16.3 Å². The lowest BCUT2D eigenvalue weighted by Crippen LogP contribution is -2.05. The Morgan fingerprint density at radius 2 is 2.21 bits per heavy atom. The number of rotatable bonds is 4. The smallest absolute Gasteiger partial charge is 0.356 e. The maximum atomic E-state index is 11.3. The van der Waals surface area contributed by atoms with Gasteiger partial charge in [0.05, 0.1) is 7.11 Å². The first-order chi connectivity index (χ1) is 8.83. The normalized spacial score (nSPS) is 11.7. The van der Waals surface area contributed by atoms with E-state index in [2.05, 4.69) is 4.98 Å². The predicted molar refractivity (Wildman–Crippen MR) is 67.3 cm³/mol. The third kappa shape index (κ3) is 2.53. The monoisotopic (exact) mass is 284 g/mol. The molecule has 102 valence electrons. The molecule has 19 heavy (non-hydrogen) atoms. The minimum absolute atomic E-state index is 0.147. The maximum absolute atomic E-state index is 11.3. The van der Waals surface area contributed by atoms with Gasteiger partial charge in [-0.1, -0.05) is 0 Å². The summed E-state index contributed by atoms with van der Waals surface area (Å²) < 4.78 is 29.2. The summed E-state index contributed by atoms with van der Waals surface area (Å²) in [7, 11) is -1.91. The standard InChI is InChI=1S/C11H12N2O5S/c1-18-7-4-3-5-13-8(6-19(2,16)17)12-9(10(7)13)11(14)15/h3-5H,6H2,1-2H3,(H,14,15). The van der Waals surface area contributed by atoms with Gasteiger partial charge in [0.25, 0.3) is 0 Å². The van der Waals surface area contributed by atoms with Gasteiger partial charge >= 0.3 is 5.97 Å². The van der Waals surface area contributed by atoms with Crippen molar-refractivity contribution < 1.29 is 23.1 Å². The minimum Gasteiger partial charge on any atom is -0.494 e. The van der Waals surface area contributed by atoms with Gasteiger partial charge in [-0.05, 0) is 12.1 Å². The molecule has 0 aliphatic rings. The van der Waals surface area contributed by atoms with Gasteiger partial charge in [0.1, 0.15) is 22.8 Å². The van der Waals surface area contributed by atoms with Crippen molar-refractivity contribution in [1.29, 1.82) is 0 Å². The molecule has 2 heterocycles. The first kappa shape index (κ1) is 13.3. The number of imidazole rings is 1. The van der Waals surface area contributed by atoms with Crippen LogP contribution in [0.15, 0.2) is 18.3 Å². The van der Waals surface area contributed by atoms with Crippen molar-refractivity contribution in [1.82, 2.24) is 9.38 Å². The molecule has 0 aromatic carbocycles. The third-order valence-electron chi connectivity index (χ3n) is 2.51. The van der Waals surface area contributed by atoms with E-state index >= 15 is 0 Å². The van der Waals surface area contributed by atoms with Crippen LogP contribution in [0.2, 0.25) is 0 Å². The lowest BCUT2D eigenvalue weighted by molar-refractivity contribution is 0.0693. The van der Waals surface area contributed by atoms with Gasteiger partial charge in [0, 0.05) is 12.5 Å². The van der Waals surface area contributed by atoms with E-state index in [0.717, 1.165) is 6.26 Å². The molecule has 0 amide bonds. The molecule has 8 heteroatoms. The number of hydrogen-bond acceptors (Lipinski definition) is 5. The first-order valence-corrected chi connectivity index (χ1v) is 7.34. The molecule has 0 aliphatic heterocycles. The topological polar surface area (TPSA) is 98.0 Å². The van der Waals surface area contributed by atoms with E-state index in [1.165, 1.54) is 11.5 Å². The quantitative estimate of drug-likeness (QED) is 0.882. The summed E-state index contributed by atoms with van der Waals surface area (Å²) in [6.07, 6.45) is 2.62. The van der Waals surface area contributed by atoms with Crippen molar-refractivity contribution in [2.75, 3.05) is 13.4 Å². The summed E-state index contributed by atoms with van der Waals surface area (Å²) in [6.45, 7) is 0. The average Bonchev–Trinajstić information content (AvgIpc) is 2.66. The Balaban J connectivity index is 2.78. The van der Waals surface area contributed by atoms with Crippen LogP contribution in [-0.2, 0) is 15.6 Å². The fraction of sp³-hybridized carbons (Fsp3) is 0.273. The molecular weight excluding hydrogens is 272 g/mol. The molecule has 7 nitrogen and oxygen atoms in total. The SMILES string of the molecule is COc1cccn2c(CS(C)(=O)=O)nc(C(=O)O)c12. The van der Waals surface area contributed by atoms with E-state index in [1.807, 2.05) is 0 Å². The van der Waals surface area contributed by atoms with Crippen LogP contribution in [0.4, 0.5) is 0 Å². The first-order valence-electron chi connectivity index (χ1n) is 5.28. The van der Waals surface area contributed by atoms with Crippen LogP contribution in [0.25, 0.3) is 5.52 Å². The van der Waals surface area contributed by atoms with Crippen molar-refractivity contribution in [2.45, 2.75) is 5.75 Å². The van der Waals surface area contributed by atoms with Crippen LogP contribution in [-0.4, -0.2) is 42.2 Å². The van der Waals surface area contributed by atoms with E-state index in [-0.39, 0.29) is 22.8 Å². The molecule has 0 aliphatic carbocycles. The number of pyridine rings is 1. The van der Waals surface area contributed by atoms with E-state index in [1.54, 1.807) is 18.3 Å². The van der Waals surface area contributed by atoms with Crippen LogP contribution in [0, 0.1) is 0 Å². The average molecular weight is 284 g/mol. The molecule has 0 spiro atoms. The lowest BCUT2D eigenvalue weighted by Gasteiger charge is -2.04. The van der Waals surface area contributed by atoms with Gasteiger partial charge in [-0.2, -0.15) is 0 Å². The van der Waals surface area contributed by atoms with E-state index in [9.17, 15) is 13.2 Å². The zero-order valence-corrected chi connectivity index (χ0v) is 11.1. The summed E-state index contributed by atoms with van der Waals surface area (Å²) >= 11 is 0. The Hall–Kier alpha value is -2.09. The van der Waals surface area contributed by atoms with Crippen molar-refractivity contribution in [2.24, 2.45) is 0 Å². The molecule has 2 aromatic heterocycles. The van der Waals surface area contributed by atoms with Crippen LogP contribution in [0.5, 0.6) is 5.75 Å². The number of carboxylic acid groups (broad SMARTS) is 1. The van der Waals surface area contributed by atoms with Crippen molar-refractivity contribution in [3.63, 3.8) is 0 Å². The molecular formula is C11H12N2O5S. The summed E-state index contributed by atoms with van der Waals surface area (Å²) in [6, 6.07) is 3.22. The van der Waals surface area contributed by atoms with Gasteiger partial charge in [-0.3, -0.25) is 4.40 Å². The number of aromatic carboxylic acids is 1. The minimum atomic E-state index is -3.32. The van der Waals surface area contributed by atoms with Crippen molar-refractivity contribution in [3.05, 3.63) is 29.8 Å². The number of hydrogen-bond donors (Lipinski definition) is 1. The molecule has 0 bridgehead atoms. The van der Waals surface area contributed by atoms with Crippen molar-refractivity contribution >= 4 is 21.3 Å². The van der Waals surface area contributed by atoms with Crippen molar-refractivity contribution in [3.8, 4) is 5.75 Å². The Labute approximate surface area is 109 Å². The maximum Gasteiger partial charge on any atom is 0.356 e. The number of nitrogens with zero attached hydrogens (tertiary/aromatic N) is 2. The second-order valence-electron chi connectivity index (χ2n) is 4.05. The summed E-state index contributed by atoms with van der Waals surface area (Å²) in [4.78, 5) is 15.1. The Morgan fingerprint density at radius 3 is 2.74 bits per heavy atom. The lowest BCUT2D eigenvalue weighted by atomic mass is 10.3. The van der Waals surface area contributed by atoms with Crippen LogP contribution in [0.3, 0.4) is 0 Å². The molecule has 0 fully saturated rings. The van der Waals surface area contributed by atoms with Gasteiger partial charge in [0.2, 0.25) is 0 Å². The molecule has 0 atom stereocenters. The summed E-state index contributed by atoms with van der Waals surface area (Å²) in [5.41, 5.74) is 0.0206. The zero-order valence-electron chi connectivity index (χ0n) is 10.3. The fourth-order valence-corrected chi connectivity index (χ4v) is 2.49. The number of carboxylic acids is 1. The van der Waals surface area contributed by atoms with E-state index < -0.39 is 15.8 Å². The Bertz CT molecular complexity index is 748. The van der Waals surface area contributed by atoms with E-state index in [0.29, 0.717) is 5.75 Å². The highest BCUT2D eigenvalue weighted by molar-refractivity contribution is 7.89. The summed E-state index contributed by atoms with van der Waals surface area (Å²) in [5.74, 6) is -1.10. The molecule has 0 unspecified atom stereocenters. The summed E-state index contributed by atoms with van der Waals surface area (Å²) in [5, 5.41) is 9.13. The van der Waals surface area contributed by atoms with Gasteiger partial charge in [-0.15, -0.1) is 0 Å². The molecule has 2 aromatic rings. The Morgan fingerprint density at radius 1 is 1.53 bits per heavy atom. The second kappa shape index (κ2) is 4.54.